The molecule has 0 heterocycles. The molecule has 0 N–H and O–H groups in total. The van der Waals surface area contributed by atoms with E-state index in [0.29, 0.717) is 0 Å². The van der Waals surface area contributed by atoms with E-state index in [4.69, 9.17) is 0 Å². The Kier molecular flexibility index (Phi) is 4.73. The molecule has 0 heteroatoms. The van der Waals surface area contributed by atoms with Crippen molar-refractivity contribution in [1.29, 1.82) is 0 Å². The first-order valence-corrected chi connectivity index (χ1v) is 11.7. The Hall–Kier alpha value is -3.90. The fourth-order valence-corrected chi connectivity index (χ4v) is 5.66. The second-order valence-electron chi connectivity index (χ2n) is 9.07. The third kappa shape index (κ3) is 3.14. The first-order valence-electron chi connectivity index (χ1n) is 11.7. The SMILES string of the molecule is Cc1cccc(Cc2ccc3c(c2)C(c2ccccc2)(c2ccccc2)c2ccccc2-3)c1. The summed E-state index contributed by atoms with van der Waals surface area (Å²) in [4.78, 5) is 0. The average molecular weight is 423 g/mol. The van der Waals surface area contributed by atoms with Gasteiger partial charge in [-0.2, -0.15) is 0 Å². The highest BCUT2D eigenvalue weighted by Gasteiger charge is 2.45. The molecule has 0 spiro atoms. The Labute approximate surface area is 196 Å². The van der Waals surface area contributed by atoms with Gasteiger partial charge < -0.3 is 0 Å². The van der Waals surface area contributed by atoms with E-state index in [9.17, 15) is 0 Å². The molecule has 0 unspecified atom stereocenters. The number of benzene rings is 5. The predicted octanol–water partition coefficient (Wildman–Crippen LogP) is 7.95. The molecule has 0 nitrogen and oxygen atoms in total. The minimum Gasteiger partial charge on any atom is -0.0622 e. The van der Waals surface area contributed by atoms with Gasteiger partial charge in [-0.15, -0.1) is 0 Å². The van der Waals surface area contributed by atoms with E-state index in [-0.39, 0.29) is 5.41 Å². The number of aryl methyl sites for hydroxylation is 1. The smallest absolute Gasteiger partial charge is 0.0622 e. The topological polar surface area (TPSA) is 0 Å². The first-order chi connectivity index (χ1) is 16.3. The summed E-state index contributed by atoms with van der Waals surface area (Å²) in [5.41, 5.74) is 11.7. The lowest BCUT2D eigenvalue weighted by atomic mass is 9.67. The van der Waals surface area contributed by atoms with E-state index >= 15 is 0 Å². The lowest BCUT2D eigenvalue weighted by Gasteiger charge is -2.34. The van der Waals surface area contributed by atoms with Crippen molar-refractivity contribution < 1.29 is 0 Å². The van der Waals surface area contributed by atoms with Gasteiger partial charge in [0, 0.05) is 0 Å². The third-order valence-corrected chi connectivity index (χ3v) is 7.01. The van der Waals surface area contributed by atoms with Crippen LogP contribution in [0, 0.1) is 6.92 Å². The van der Waals surface area contributed by atoms with Crippen LogP contribution in [0.1, 0.15) is 38.9 Å². The zero-order chi connectivity index (χ0) is 22.3. The van der Waals surface area contributed by atoms with Crippen LogP contribution in [-0.4, -0.2) is 0 Å². The molecular formula is C33H26. The Bertz CT molecular complexity index is 1390. The van der Waals surface area contributed by atoms with Crippen molar-refractivity contribution in [3.63, 3.8) is 0 Å². The minimum absolute atomic E-state index is 0.322. The number of fused-ring (bicyclic) bond motifs is 3. The van der Waals surface area contributed by atoms with Gasteiger partial charge in [0.05, 0.1) is 5.41 Å². The highest BCUT2D eigenvalue weighted by Crippen LogP contribution is 2.56. The predicted molar refractivity (Wildman–Crippen MR) is 138 cm³/mol. The maximum Gasteiger partial charge on any atom is 0.0713 e. The highest BCUT2D eigenvalue weighted by molar-refractivity contribution is 5.86. The lowest BCUT2D eigenvalue weighted by molar-refractivity contribution is 0.767. The number of hydrogen-bond donors (Lipinski definition) is 0. The van der Waals surface area contributed by atoms with Gasteiger partial charge >= 0.3 is 0 Å². The van der Waals surface area contributed by atoms with Crippen LogP contribution in [0.25, 0.3) is 11.1 Å². The summed E-state index contributed by atoms with van der Waals surface area (Å²) in [6, 6.07) is 46.9. The van der Waals surface area contributed by atoms with Crippen LogP contribution in [0.5, 0.6) is 0 Å². The van der Waals surface area contributed by atoms with Gasteiger partial charge in [-0.05, 0) is 57.9 Å². The van der Waals surface area contributed by atoms with Crippen molar-refractivity contribution in [2.24, 2.45) is 0 Å². The molecule has 0 saturated heterocycles. The van der Waals surface area contributed by atoms with Crippen molar-refractivity contribution >= 4 is 0 Å². The summed E-state index contributed by atoms with van der Waals surface area (Å²) in [7, 11) is 0. The normalized spacial score (nSPS) is 13.4. The van der Waals surface area contributed by atoms with Gasteiger partial charge in [0.1, 0.15) is 0 Å². The van der Waals surface area contributed by atoms with Gasteiger partial charge in [0.25, 0.3) is 0 Å². The molecule has 0 bridgehead atoms. The largest absolute Gasteiger partial charge is 0.0713 e. The van der Waals surface area contributed by atoms with E-state index < -0.39 is 0 Å². The molecule has 0 aromatic heterocycles. The van der Waals surface area contributed by atoms with Crippen LogP contribution >= 0.6 is 0 Å². The standard InChI is InChI=1S/C33H26/c1-24-11-10-12-25(21-24)22-26-19-20-30-29-17-8-9-18-31(29)33(32(30)23-26,27-13-4-2-5-14-27)28-15-6-3-7-16-28/h2-21,23H,22H2,1H3. The first kappa shape index (κ1) is 19.8. The third-order valence-electron chi connectivity index (χ3n) is 7.01. The monoisotopic (exact) mass is 422 g/mol. The Morgan fingerprint density at radius 3 is 1.79 bits per heavy atom. The second kappa shape index (κ2) is 7.90. The summed E-state index contributed by atoms with van der Waals surface area (Å²) in [5, 5.41) is 0. The van der Waals surface area contributed by atoms with Crippen LogP contribution in [0.15, 0.2) is 127 Å². The minimum atomic E-state index is -0.322. The summed E-state index contributed by atoms with van der Waals surface area (Å²) in [5.74, 6) is 0. The van der Waals surface area contributed by atoms with Crippen LogP contribution in [0.4, 0.5) is 0 Å². The molecule has 0 amide bonds. The Morgan fingerprint density at radius 1 is 0.485 bits per heavy atom. The molecule has 0 aliphatic heterocycles. The maximum absolute atomic E-state index is 2.46. The van der Waals surface area contributed by atoms with Crippen molar-refractivity contribution in [3.05, 3.63) is 166 Å². The molecule has 33 heavy (non-hydrogen) atoms. The fraction of sp³-hybridized carbons (Fsp3) is 0.0909. The quantitative estimate of drug-likeness (QED) is 0.270. The van der Waals surface area contributed by atoms with Gasteiger partial charge in [-0.25, -0.2) is 0 Å². The van der Waals surface area contributed by atoms with Crippen LogP contribution in [-0.2, 0) is 11.8 Å². The van der Waals surface area contributed by atoms with E-state index in [2.05, 4.69) is 134 Å². The van der Waals surface area contributed by atoms with E-state index in [1.54, 1.807) is 0 Å². The van der Waals surface area contributed by atoms with Crippen LogP contribution in [0.3, 0.4) is 0 Å². The van der Waals surface area contributed by atoms with Crippen molar-refractivity contribution in [3.8, 4) is 11.1 Å². The molecule has 0 fully saturated rings. The summed E-state index contributed by atoms with van der Waals surface area (Å²) < 4.78 is 0. The van der Waals surface area contributed by atoms with Crippen molar-refractivity contribution in [1.82, 2.24) is 0 Å². The molecule has 158 valence electrons. The molecule has 0 atom stereocenters. The number of hydrogen-bond acceptors (Lipinski definition) is 0. The Morgan fingerprint density at radius 2 is 1.09 bits per heavy atom. The van der Waals surface area contributed by atoms with Crippen molar-refractivity contribution in [2.75, 3.05) is 0 Å². The van der Waals surface area contributed by atoms with E-state index in [1.807, 2.05) is 0 Å². The van der Waals surface area contributed by atoms with Crippen LogP contribution < -0.4 is 0 Å². The maximum atomic E-state index is 2.46. The van der Waals surface area contributed by atoms with Gasteiger partial charge in [0.2, 0.25) is 0 Å². The molecule has 5 aromatic carbocycles. The zero-order valence-corrected chi connectivity index (χ0v) is 18.8. The second-order valence-corrected chi connectivity index (χ2v) is 9.07. The molecule has 0 saturated carbocycles. The highest BCUT2D eigenvalue weighted by atomic mass is 14.5. The molecular weight excluding hydrogens is 396 g/mol. The molecule has 1 aliphatic carbocycles. The molecule has 6 rings (SSSR count). The van der Waals surface area contributed by atoms with Crippen molar-refractivity contribution in [2.45, 2.75) is 18.8 Å². The van der Waals surface area contributed by atoms with Crippen LogP contribution in [0.2, 0.25) is 0 Å². The number of rotatable bonds is 4. The summed E-state index contributed by atoms with van der Waals surface area (Å²) in [6.45, 7) is 2.17. The van der Waals surface area contributed by atoms with E-state index in [1.165, 1.54) is 50.1 Å². The van der Waals surface area contributed by atoms with Gasteiger partial charge in [-0.3, -0.25) is 0 Å². The zero-order valence-electron chi connectivity index (χ0n) is 18.8. The molecule has 1 aliphatic rings. The van der Waals surface area contributed by atoms with E-state index in [0.717, 1.165) is 6.42 Å². The summed E-state index contributed by atoms with van der Waals surface area (Å²) in [6.07, 6.45) is 0.935. The Balaban J connectivity index is 1.64. The lowest BCUT2D eigenvalue weighted by Crippen LogP contribution is -2.28. The molecule has 0 radical (unpaired) electrons. The molecule has 5 aromatic rings. The van der Waals surface area contributed by atoms with Gasteiger partial charge in [0.15, 0.2) is 0 Å². The summed E-state index contributed by atoms with van der Waals surface area (Å²) >= 11 is 0. The average Bonchev–Trinajstić information content (AvgIpc) is 3.16. The fourth-order valence-electron chi connectivity index (χ4n) is 5.66. The van der Waals surface area contributed by atoms with Gasteiger partial charge in [-0.1, -0.05) is 133 Å².